The number of hydrazine groups is 1. The zero-order valence-corrected chi connectivity index (χ0v) is 5.89. The van der Waals surface area contributed by atoms with E-state index in [1.807, 2.05) is 0 Å². The molecule has 0 aliphatic heterocycles. The highest BCUT2D eigenvalue weighted by Gasteiger charge is 2.06. The van der Waals surface area contributed by atoms with E-state index in [-0.39, 0.29) is 12.2 Å². The number of nitrogens with zero attached hydrogens (tertiary/aromatic N) is 1. The minimum Gasteiger partial charge on any atom is -0.263 e. The second-order valence-electron chi connectivity index (χ2n) is 0.928. The van der Waals surface area contributed by atoms with Gasteiger partial charge in [-0.05, 0) is 0 Å². The normalized spacial score (nSPS) is 10.9. The summed E-state index contributed by atoms with van der Waals surface area (Å²) in [5.74, 6) is 0. The minimum atomic E-state index is -4.62. The van der Waals surface area contributed by atoms with Gasteiger partial charge in [-0.25, -0.2) is 10.1 Å². The van der Waals surface area contributed by atoms with Gasteiger partial charge < -0.3 is 0 Å². The molecule has 0 unspecified atom stereocenters. The first-order chi connectivity index (χ1) is 4.42. The molecule has 0 spiro atoms. The molecule has 0 aromatic carbocycles. The van der Waals surface area contributed by atoms with E-state index in [0.29, 0.717) is 0 Å². The predicted octanol–water partition coefficient (Wildman–Crippen LogP) is -0.850. The van der Waals surface area contributed by atoms with Gasteiger partial charge in [0.05, 0.1) is 0 Å². The third kappa shape index (κ3) is 7.42. The first-order valence-electron chi connectivity index (χ1n) is 1.64. The molecule has 0 aromatic rings. The summed E-state index contributed by atoms with van der Waals surface area (Å²) in [5.41, 5.74) is 0. The van der Waals surface area contributed by atoms with Crippen LogP contribution in [0.3, 0.4) is 0 Å². The molecule has 0 fully saturated rings. The molecule has 0 amide bonds. The summed E-state index contributed by atoms with van der Waals surface area (Å²) < 4.78 is 30.6. The standard InChI is InChI=1S/H2N2O6S2/c3-2(4)1-9-8-10(5,6)7/h1H,(H,5,6,7). The Balaban J connectivity index is 3.49. The van der Waals surface area contributed by atoms with Crippen LogP contribution < -0.4 is 4.83 Å². The molecule has 0 saturated heterocycles. The van der Waals surface area contributed by atoms with Crippen LogP contribution in [0.4, 0.5) is 0 Å². The van der Waals surface area contributed by atoms with Crippen molar-refractivity contribution in [2.24, 2.45) is 0 Å². The summed E-state index contributed by atoms with van der Waals surface area (Å²) in [4.78, 5) is 10.7. The maximum Gasteiger partial charge on any atom is 0.410 e. The average molecular weight is 190 g/mol. The molecule has 0 aromatic heterocycles. The van der Waals surface area contributed by atoms with Crippen LogP contribution >= 0.6 is 12.2 Å². The fourth-order valence-electron chi connectivity index (χ4n) is 0.0886. The molecule has 0 aliphatic carbocycles. The lowest BCUT2D eigenvalue weighted by Gasteiger charge is -1.91. The largest absolute Gasteiger partial charge is 0.410 e. The van der Waals surface area contributed by atoms with E-state index in [1.54, 1.807) is 0 Å². The smallest absolute Gasteiger partial charge is 0.263 e. The third-order valence-corrected chi connectivity index (χ3v) is 1.42. The van der Waals surface area contributed by atoms with Gasteiger partial charge in [0.2, 0.25) is 0 Å². The fourth-order valence-corrected chi connectivity index (χ4v) is 0.615. The Morgan fingerprint density at radius 2 is 2.20 bits per heavy atom. The molecule has 0 heterocycles. The minimum absolute atomic E-state index is 0.219. The van der Waals surface area contributed by atoms with Crippen LogP contribution in [0, 0.1) is 10.1 Å². The summed E-state index contributed by atoms with van der Waals surface area (Å²) in [6.45, 7) is 0. The first kappa shape index (κ1) is 9.42. The van der Waals surface area contributed by atoms with E-state index < -0.39 is 15.4 Å². The van der Waals surface area contributed by atoms with Crippen molar-refractivity contribution in [3.05, 3.63) is 10.1 Å². The van der Waals surface area contributed by atoms with Gasteiger partial charge in [0.25, 0.3) is 0 Å². The number of rotatable bonds is 4. The molecular weight excluding hydrogens is 188 g/mol. The Morgan fingerprint density at radius 3 is 2.50 bits per heavy atom. The molecule has 0 rings (SSSR count). The van der Waals surface area contributed by atoms with Crippen LogP contribution in [0.1, 0.15) is 0 Å². The highest BCUT2D eigenvalue weighted by molar-refractivity contribution is 8.01. The van der Waals surface area contributed by atoms with E-state index >= 15 is 0 Å². The Kier molecular flexibility index (Phi) is 3.35. The Bertz CT molecular complexity index is 204. The summed E-state index contributed by atoms with van der Waals surface area (Å²) in [6.07, 6.45) is 0. The highest BCUT2D eigenvalue weighted by Crippen LogP contribution is 1.99. The van der Waals surface area contributed by atoms with E-state index in [4.69, 9.17) is 4.55 Å². The van der Waals surface area contributed by atoms with Crippen LogP contribution in [0.2, 0.25) is 0 Å². The molecular formula is H2N2O6S2. The number of nitro groups is 1. The van der Waals surface area contributed by atoms with Crippen molar-refractivity contribution in [1.29, 1.82) is 0 Å². The van der Waals surface area contributed by atoms with Crippen LogP contribution in [-0.2, 0) is 14.0 Å². The van der Waals surface area contributed by atoms with Gasteiger partial charge in [0.1, 0.15) is 0 Å². The molecule has 2 N–H and O–H groups in total. The Morgan fingerprint density at radius 1 is 1.70 bits per heavy atom. The van der Waals surface area contributed by atoms with Crippen molar-refractivity contribution in [3.63, 3.8) is 0 Å². The summed E-state index contributed by atoms with van der Waals surface area (Å²) in [7, 11) is -4.62. The van der Waals surface area contributed by atoms with Gasteiger partial charge >= 0.3 is 10.4 Å². The van der Waals surface area contributed by atoms with Crippen LogP contribution in [0.25, 0.3) is 0 Å². The highest BCUT2D eigenvalue weighted by atomic mass is 32.3. The lowest BCUT2D eigenvalue weighted by atomic mass is 12.7. The molecule has 0 bridgehead atoms. The third-order valence-electron chi connectivity index (χ3n) is 0.232. The summed E-state index contributed by atoms with van der Waals surface area (Å²) in [5, 5.41) is 8.36. The molecule has 60 valence electrons. The number of nitrogens with one attached hydrogen (secondary N) is 1. The van der Waals surface area contributed by atoms with Gasteiger partial charge in [-0.2, -0.15) is 8.42 Å². The Labute approximate surface area is 60.0 Å². The van der Waals surface area contributed by atoms with E-state index in [0.717, 1.165) is 0 Å². The predicted molar refractivity (Wildman–Crippen MR) is 30.4 cm³/mol. The lowest BCUT2D eigenvalue weighted by molar-refractivity contribution is -0.517. The molecule has 0 radical (unpaired) electrons. The number of hydrogen-bond acceptors (Lipinski definition) is 6. The van der Waals surface area contributed by atoms with Crippen molar-refractivity contribution in [3.8, 4) is 0 Å². The van der Waals surface area contributed by atoms with Gasteiger partial charge in [0.15, 0.2) is 17.3 Å². The second kappa shape index (κ2) is 3.55. The maximum absolute atomic E-state index is 9.66. The van der Waals surface area contributed by atoms with Gasteiger partial charge in [-0.1, -0.05) is 4.83 Å². The quantitative estimate of drug-likeness (QED) is 0.193. The lowest BCUT2D eigenvalue weighted by Crippen LogP contribution is -2.14. The van der Waals surface area contributed by atoms with Crippen LogP contribution in [-0.4, -0.2) is 18.0 Å². The summed E-state index contributed by atoms with van der Waals surface area (Å²) >= 11 is -0.219. The van der Waals surface area contributed by atoms with Gasteiger partial charge in [-0.3, -0.25) is 4.55 Å². The molecule has 0 saturated carbocycles. The summed E-state index contributed by atoms with van der Waals surface area (Å²) in [6, 6.07) is 0. The van der Waals surface area contributed by atoms with Crippen molar-refractivity contribution >= 4 is 22.6 Å². The molecule has 10 heteroatoms. The van der Waals surface area contributed by atoms with Crippen LogP contribution in [0.5, 0.6) is 0 Å². The monoisotopic (exact) mass is 190 g/mol. The SMILES string of the molecule is O=[N+]([O-])NSOS(=O)(=O)O. The molecule has 0 atom stereocenters. The average Bonchev–Trinajstić information content (AvgIpc) is 1.59. The van der Waals surface area contributed by atoms with Crippen LogP contribution in [0.15, 0.2) is 0 Å². The van der Waals surface area contributed by atoms with Crippen molar-refractivity contribution in [1.82, 2.24) is 4.83 Å². The van der Waals surface area contributed by atoms with E-state index in [2.05, 4.69) is 3.63 Å². The van der Waals surface area contributed by atoms with Gasteiger partial charge in [-0.15, -0.1) is 3.63 Å². The van der Waals surface area contributed by atoms with Gasteiger partial charge in [0, 0.05) is 0 Å². The molecule has 10 heavy (non-hydrogen) atoms. The molecule has 0 aliphatic rings. The van der Waals surface area contributed by atoms with E-state index in [9.17, 15) is 18.5 Å². The maximum atomic E-state index is 9.66. The first-order valence-corrected chi connectivity index (χ1v) is 3.75. The van der Waals surface area contributed by atoms with Crippen molar-refractivity contribution in [2.75, 3.05) is 0 Å². The van der Waals surface area contributed by atoms with Crippen molar-refractivity contribution < 1.29 is 21.6 Å². The topological polar surface area (TPSA) is 119 Å². The zero-order chi connectivity index (χ0) is 8.20. The van der Waals surface area contributed by atoms with Crippen molar-refractivity contribution in [2.45, 2.75) is 0 Å². The zero-order valence-electron chi connectivity index (χ0n) is 4.25. The van der Waals surface area contributed by atoms with E-state index in [1.165, 1.54) is 4.83 Å². The second-order valence-corrected chi connectivity index (χ2v) is 2.68. The molecule has 8 nitrogen and oxygen atoms in total. The Hall–Kier alpha value is -0.580. The number of hydrogen-bond donors (Lipinski definition) is 2. The fraction of sp³-hybridized carbons (Fsp3) is 0.